The van der Waals surface area contributed by atoms with Gasteiger partial charge in [-0.1, -0.05) is 53.9 Å². The number of fused-ring (bicyclic) bond motifs is 1. The number of hydrogen-bond acceptors (Lipinski definition) is 6. The molecule has 0 aliphatic rings. The molecule has 3 aromatic carbocycles. The molecule has 0 saturated carbocycles. The largest absolute Gasteiger partial charge is 0.489 e. The molecule has 0 spiro atoms. The third-order valence-corrected chi connectivity index (χ3v) is 8.00. The van der Waals surface area contributed by atoms with Gasteiger partial charge in [-0.3, -0.25) is 0 Å². The maximum atomic E-state index is 8.89. The number of nitriles is 1. The molecule has 0 unspecified atom stereocenters. The number of nitrogens with zero attached hydrogens (tertiary/aromatic N) is 5. The van der Waals surface area contributed by atoms with Gasteiger partial charge in [-0.15, -0.1) is 22.4 Å². The lowest BCUT2D eigenvalue weighted by molar-refractivity contribution is 0.306. The third kappa shape index (κ3) is 5.96. The van der Waals surface area contributed by atoms with Crippen LogP contribution in [0.15, 0.2) is 66.0 Å². The standard InChI is InChI=1S/C31H26ClN5OS/c1-3-7-24(18-30-34-35-36-37(30)15-6-14-33)23-10-12-25(13-11-23)38-19-22-16-27-28(20-39-31(27)29(32)17-22)26-9-5-4-8-21(26)2/h4-5,8-13,16-17,20,24H,6,15,18-19H2,1-2H3/t24-/m0/s1. The average Bonchev–Trinajstić information content (AvgIpc) is 3.58. The molecule has 0 N–H and O–H groups in total. The van der Waals surface area contributed by atoms with E-state index in [1.165, 1.54) is 16.7 Å². The molecule has 194 valence electrons. The van der Waals surface area contributed by atoms with Gasteiger partial charge in [-0.2, -0.15) is 5.26 Å². The molecular formula is C31H26ClN5OS. The summed E-state index contributed by atoms with van der Waals surface area (Å²) in [4.78, 5) is 0. The normalized spacial score (nSPS) is 11.5. The number of thiophene rings is 1. The highest BCUT2D eigenvalue weighted by Crippen LogP contribution is 2.40. The Morgan fingerprint density at radius 3 is 2.69 bits per heavy atom. The summed E-state index contributed by atoms with van der Waals surface area (Å²) in [7, 11) is 0. The zero-order valence-corrected chi connectivity index (χ0v) is 23.3. The predicted molar refractivity (Wildman–Crippen MR) is 156 cm³/mol. The second-order valence-corrected chi connectivity index (χ2v) is 10.4. The van der Waals surface area contributed by atoms with Crippen molar-refractivity contribution in [3.8, 4) is 34.8 Å². The Balaban J connectivity index is 1.31. The maximum absolute atomic E-state index is 8.89. The number of rotatable bonds is 9. The molecule has 0 bridgehead atoms. The van der Waals surface area contributed by atoms with Gasteiger partial charge in [0.25, 0.3) is 0 Å². The third-order valence-electron chi connectivity index (χ3n) is 6.56. The van der Waals surface area contributed by atoms with Gasteiger partial charge in [0.2, 0.25) is 0 Å². The summed E-state index contributed by atoms with van der Waals surface area (Å²) in [6, 6.07) is 22.7. The van der Waals surface area contributed by atoms with Gasteiger partial charge < -0.3 is 4.74 Å². The SMILES string of the molecule is CC#C[C@@H](Cc1nnnn1CCC#N)c1ccc(OCc2cc(Cl)c3scc(-c4ccccc4C)c3c2)cc1. The molecule has 5 aromatic rings. The van der Waals surface area contributed by atoms with E-state index in [1.807, 2.05) is 37.3 Å². The smallest absolute Gasteiger partial charge is 0.152 e. The fourth-order valence-corrected chi connectivity index (χ4v) is 5.92. The Hall–Kier alpha value is -4.17. The maximum Gasteiger partial charge on any atom is 0.152 e. The summed E-state index contributed by atoms with van der Waals surface area (Å²) in [5, 5.41) is 24.9. The van der Waals surface area contributed by atoms with Crippen LogP contribution < -0.4 is 4.74 Å². The van der Waals surface area contributed by atoms with Crippen LogP contribution in [-0.4, -0.2) is 20.2 Å². The lowest BCUT2D eigenvalue weighted by atomic mass is 9.95. The molecule has 2 aromatic heterocycles. The van der Waals surface area contributed by atoms with Gasteiger partial charge in [0.15, 0.2) is 5.82 Å². The van der Waals surface area contributed by atoms with Crippen LogP contribution in [0.4, 0.5) is 0 Å². The molecule has 6 nitrogen and oxygen atoms in total. The zero-order valence-electron chi connectivity index (χ0n) is 21.7. The van der Waals surface area contributed by atoms with E-state index in [4.69, 9.17) is 21.6 Å². The molecule has 0 saturated heterocycles. The molecule has 5 rings (SSSR count). The van der Waals surface area contributed by atoms with Gasteiger partial charge in [-0.05, 0) is 76.2 Å². The molecule has 0 amide bonds. The van der Waals surface area contributed by atoms with Crippen molar-refractivity contribution in [1.82, 2.24) is 20.2 Å². The van der Waals surface area contributed by atoms with Crippen LogP contribution in [0.2, 0.25) is 5.02 Å². The van der Waals surface area contributed by atoms with Crippen LogP contribution >= 0.6 is 22.9 Å². The fourth-order valence-electron chi connectivity index (χ4n) is 4.59. The predicted octanol–water partition coefficient (Wildman–Crippen LogP) is 7.36. The summed E-state index contributed by atoms with van der Waals surface area (Å²) < 4.78 is 8.91. The van der Waals surface area contributed by atoms with Crippen molar-refractivity contribution in [3.63, 3.8) is 0 Å². The van der Waals surface area contributed by atoms with Gasteiger partial charge in [0, 0.05) is 17.4 Å². The van der Waals surface area contributed by atoms with Crippen LogP contribution in [0.1, 0.15) is 41.8 Å². The first kappa shape index (κ1) is 26.4. The highest BCUT2D eigenvalue weighted by atomic mass is 35.5. The van der Waals surface area contributed by atoms with E-state index in [2.05, 4.69) is 76.1 Å². The highest BCUT2D eigenvalue weighted by Gasteiger charge is 2.16. The van der Waals surface area contributed by atoms with Crippen LogP contribution in [0.3, 0.4) is 0 Å². The minimum absolute atomic E-state index is 0.0736. The molecule has 8 heteroatoms. The molecule has 2 heterocycles. The molecule has 1 atom stereocenters. The number of aryl methyl sites for hydroxylation is 2. The van der Waals surface area contributed by atoms with Crippen molar-refractivity contribution < 1.29 is 4.74 Å². The van der Waals surface area contributed by atoms with E-state index in [1.54, 1.807) is 16.0 Å². The minimum Gasteiger partial charge on any atom is -0.489 e. The Kier molecular flexibility index (Phi) is 8.22. The van der Waals surface area contributed by atoms with E-state index < -0.39 is 0 Å². The van der Waals surface area contributed by atoms with Crippen molar-refractivity contribution in [2.45, 2.75) is 45.8 Å². The summed E-state index contributed by atoms with van der Waals surface area (Å²) >= 11 is 8.35. The average molecular weight is 552 g/mol. The first-order valence-electron chi connectivity index (χ1n) is 12.6. The lowest BCUT2D eigenvalue weighted by Gasteiger charge is -2.13. The summed E-state index contributed by atoms with van der Waals surface area (Å²) in [5.41, 5.74) is 5.72. The van der Waals surface area contributed by atoms with E-state index in [0.717, 1.165) is 32.0 Å². The Morgan fingerprint density at radius 1 is 1.10 bits per heavy atom. The van der Waals surface area contributed by atoms with E-state index in [9.17, 15) is 0 Å². The number of hydrogen-bond donors (Lipinski definition) is 0. The van der Waals surface area contributed by atoms with E-state index >= 15 is 0 Å². The second kappa shape index (κ2) is 12.1. The van der Waals surface area contributed by atoms with Gasteiger partial charge >= 0.3 is 0 Å². The van der Waals surface area contributed by atoms with Crippen molar-refractivity contribution in [2.24, 2.45) is 0 Å². The van der Waals surface area contributed by atoms with E-state index in [-0.39, 0.29) is 5.92 Å². The monoisotopic (exact) mass is 551 g/mol. The van der Waals surface area contributed by atoms with Crippen LogP contribution in [0.5, 0.6) is 5.75 Å². The van der Waals surface area contributed by atoms with E-state index in [0.29, 0.717) is 31.8 Å². The Bertz CT molecular complexity index is 1710. The molecule has 0 fully saturated rings. The molecular weight excluding hydrogens is 526 g/mol. The van der Waals surface area contributed by atoms with Gasteiger partial charge in [0.05, 0.1) is 34.7 Å². The van der Waals surface area contributed by atoms with Crippen molar-refractivity contribution >= 4 is 33.0 Å². The van der Waals surface area contributed by atoms with Gasteiger partial charge in [0.1, 0.15) is 12.4 Å². The first-order chi connectivity index (χ1) is 19.1. The van der Waals surface area contributed by atoms with Crippen LogP contribution in [0.25, 0.3) is 21.2 Å². The highest BCUT2D eigenvalue weighted by molar-refractivity contribution is 7.18. The molecule has 39 heavy (non-hydrogen) atoms. The number of halogens is 1. The number of aromatic nitrogens is 4. The van der Waals surface area contributed by atoms with Crippen LogP contribution in [0, 0.1) is 30.1 Å². The topological polar surface area (TPSA) is 76.6 Å². The molecule has 0 radical (unpaired) electrons. The van der Waals surface area contributed by atoms with Crippen LogP contribution in [-0.2, 0) is 19.6 Å². The first-order valence-corrected chi connectivity index (χ1v) is 13.9. The molecule has 0 aliphatic carbocycles. The van der Waals surface area contributed by atoms with Crippen molar-refractivity contribution in [2.75, 3.05) is 0 Å². The Morgan fingerprint density at radius 2 is 1.92 bits per heavy atom. The molecule has 0 aliphatic heterocycles. The van der Waals surface area contributed by atoms with Crippen molar-refractivity contribution in [1.29, 1.82) is 5.26 Å². The minimum atomic E-state index is -0.0736. The zero-order chi connectivity index (χ0) is 27.2. The number of ether oxygens (including phenoxy) is 1. The lowest BCUT2D eigenvalue weighted by Crippen LogP contribution is -2.10. The fraction of sp³-hybridized carbons (Fsp3) is 0.226. The number of tetrazole rings is 1. The number of benzene rings is 3. The quantitative estimate of drug-likeness (QED) is 0.179. The Labute approximate surface area is 236 Å². The summed E-state index contributed by atoms with van der Waals surface area (Å²) in [6.45, 7) is 4.82. The summed E-state index contributed by atoms with van der Waals surface area (Å²) in [5.74, 6) is 7.68. The van der Waals surface area contributed by atoms with Crippen molar-refractivity contribution in [3.05, 3.63) is 93.6 Å². The second-order valence-electron chi connectivity index (χ2n) is 9.15. The summed E-state index contributed by atoms with van der Waals surface area (Å²) in [6.07, 6.45) is 0.911. The van der Waals surface area contributed by atoms with Gasteiger partial charge in [-0.25, -0.2) is 4.68 Å².